The second-order valence-electron chi connectivity index (χ2n) is 8.55. The fraction of sp³-hybridized carbons (Fsp3) is 0.154. The van der Waals surface area contributed by atoms with E-state index < -0.39 is 6.04 Å². The molecular weight excluding hydrogens is 462 g/mol. The van der Waals surface area contributed by atoms with Gasteiger partial charge < -0.3 is 5.32 Å². The lowest BCUT2D eigenvalue weighted by molar-refractivity contribution is -0.120. The van der Waals surface area contributed by atoms with Crippen LogP contribution in [0.3, 0.4) is 0 Å². The molecule has 0 saturated carbocycles. The van der Waals surface area contributed by atoms with Gasteiger partial charge in [-0.2, -0.15) is 10.2 Å². The molecule has 176 valence electrons. The molecular formula is C26H24ClN7O. The van der Waals surface area contributed by atoms with Crippen molar-refractivity contribution in [3.05, 3.63) is 90.1 Å². The molecule has 1 N–H and O–H groups in total. The maximum atomic E-state index is 13.1. The molecule has 3 heterocycles. The third-order valence-electron chi connectivity index (χ3n) is 5.82. The van der Waals surface area contributed by atoms with Crippen molar-refractivity contribution < 1.29 is 4.79 Å². The lowest BCUT2D eigenvalue weighted by Crippen LogP contribution is -2.32. The van der Waals surface area contributed by atoms with Crippen LogP contribution in [0.2, 0.25) is 5.02 Å². The topological polar surface area (TPSA) is 80.3 Å². The molecule has 1 amide bonds. The summed E-state index contributed by atoms with van der Waals surface area (Å²) in [6.45, 7) is 0. The molecule has 2 aromatic carbocycles. The van der Waals surface area contributed by atoms with Crippen LogP contribution in [0.4, 0.5) is 5.69 Å². The number of nitrogens with zero attached hydrogens (tertiary/aromatic N) is 6. The maximum absolute atomic E-state index is 13.1. The van der Waals surface area contributed by atoms with Gasteiger partial charge in [-0.1, -0.05) is 35.9 Å². The smallest absolute Gasteiger partial charge is 0.246 e. The Morgan fingerprint density at radius 3 is 2.37 bits per heavy atom. The van der Waals surface area contributed by atoms with Crippen LogP contribution in [0.15, 0.2) is 79.5 Å². The Morgan fingerprint density at radius 1 is 0.971 bits per heavy atom. The number of likely N-dealkylation sites (N-methyl/N-ethyl adjacent to an activating group) is 1. The minimum Gasteiger partial charge on any atom is -0.324 e. The molecule has 3 aromatic heterocycles. The van der Waals surface area contributed by atoms with E-state index in [9.17, 15) is 4.79 Å². The van der Waals surface area contributed by atoms with Crippen LogP contribution >= 0.6 is 11.6 Å². The van der Waals surface area contributed by atoms with Crippen molar-refractivity contribution in [2.24, 2.45) is 7.05 Å². The Balaban J connectivity index is 1.39. The number of amides is 1. The van der Waals surface area contributed by atoms with E-state index in [0.29, 0.717) is 10.7 Å². The second-order valence-corrected chi connectivity index (χ2v) is 8.99. The average molecular weight is 486 g/mol. The first kappa shape index (κ1) is 22.8. The first-order chi connectivity index (χ1) is 16.9. The summed E-state index contributed by atoms with van der Waals surface area (Å²) in [4.78, 5) is 19.5. The molecule has 0 bridgehead atoms. The van der Waals surface area contributed by atoms with Crippen LogP contribution in [0.1, 0.15) is 11.6 Å². The van der Waals surface area contributed by atoms with Gasteiger partial charge in [0.2, 0.25) is 5.91 Å². The Bertz CT molecular complexity index is 1490. The van der Waals surface area contributed by atoms with E-state index >= 15 is 0 Å². The number of rotatable bonds is 6. The molecule has 5 rings (SSSR count). The van der Waals surface area contributed by atoms with Crippen LogP contribution in [0.25, 0.3) is 27.9 Å². The van der Waals surface area contributed by atoms with Gasteiger partial charge in [0.25, 0.3) is 0 Å². The van der Waals surface area contributed by atoms with Crippen molar-refractivity contribution in [2.75, 3.05) is 19.4 Å². The van der Waals surface area contributed by atoms with Gasteiger partial charge >= 0.3 is 0 Å². The molecule has 0 spiro atoms. The molecule has 35 heavy (non-hydrogen) atoms. The number of anilines is 1. The van der Waals surface area contributed by atoms with Crippen LogP contribution in [0.5, 0.6) is 0 Å². The molecule has 0 fully saturated rings. The van der Waals surface area contributed by atoms with Gasteiger partial charge in [-0.15, -0.1) is 0 Å². The zero-order valence-electron chi connectivity index (χ0n) is 19.6. The van der Waals surface area contributed by atoms with Gasteiger partial charge in [-0.05, 0) is 50.0 Å². The molecule has 8 nitrogen and oxygen atoms in total. The lowest BCUT2D eigenvalue weighted by atomic mass is 10.0. The highest BCUT2D eigenvalue weighted by atomic mass is 35.5. The van der Waals surface area contributed by atoms with Gasteiger partial charge in [0, 0.05) is 46.8 Å². The molecule has 0 aliphatic heterocycles. The summed E-state index contributed by atoms with van der Waals surface area (Å²) in [5, 5.41) is 12.3. The third-order valence-corrected chi connectivity index (χ3v) is 6.07. The van der Waals surface area contributed by atoms with E-state index in [4.69, 9.17) is 11.6 Å². The summed E-state index contributed by atoms with van der Waals surface area (Å²) in [5.41, 5.74) is 6.22. The second kappa shape index (κ2) is 9.32. The van der Waals surface area contributed by atoms with Gasteiger partial charge in [-0.3, -0.25) is 14.4 Å². The Hall–Kier alpha value is -4.01. The van der Waals surface area contributed by atoms with Gasteiger partial charge in [0.15, 0.2) is 0 Å². The van der Waals surface area contributed by atoms with Crippen LogP contribution < -0.4 is 5.32 Å². The largest absolute Gasteiger partial charge is 0.324 e. The van der Waals surface area contributed by atoms with Crippen molar-refractivity contribution >= 4 is 28.7 Å². The standard InChI is InChI=1S/C26H24ClN7O/c1-32(2)25(18-4-8-21(27)9-5-18)26(35)31-22-10-6-17(7-11-22)24-23-12-19(15-34(23)30-16-28-24)20-13-29-33(3)14-20/h4-16,25H,1-3H3,(H,31,35). The highest BCUT2D eigenvalue weighted by Crippen LogP contribution is 2.29. The highest BCUT2D eigenvalue weighted by molar-refractivity contribution is 6.30. The fourth-order valence-corrected chi connectivity index (χ4v) is 4.26. The van der Waals surface area contributed by atoms with E-state index in [1.807, 2.05) is 85.5 Å². The van der Waals surface area contributed by atoms with Gasteiger partial charge in [-0.25, -0.2) is 9.50 Å². The predicted octanol–water partition coefficient (Wildman–Crippen LogP) is 4.69. The Morgan fingerprint density at radius 2 is 1.71 bits per heavy atom. The van der Waals surface area contributed by atoms with Crippen LogP contribution in [-0.4, -0.2) is 49.3 Å². The fourth-order valence-electron chi connectivity index (χ4n) is 4.13. The normalized spacial score (nSPS) is 12.3. The number of benzene rings is 2. The van der Waals surface area contributed by atoms with Crippen LogP contribution in [-0.2, 0) is 11.8 Å². The number of halogens is 1. The van der Waals surface area contributed by atoms with Crippen molar-refractivity contribution in [3.8, 4) is 22.4 Å². The molecule has 5 aromatic rings. The molecule has 0 radical (unpaired) electrons. The molecule has 1 unspecified atom stereocenters. The van der Waals surface area contributed by atoms with E-state index in [2.05, 4.69) is 26.6 Å². The minimum absolute atomic E-state index is 0.123. The van der Waals surface area contributed by atoms with Crippen molar-refractivity contribution in [1.82, 2.24) is 29.3 Å². The summed E-state index contributed by atoms with van der Waals surface area (Å²) in [7, 11) is 5.64. The summed E-state index contributed by atoms with van der Waals surface area (Å²) in [6, 6.07) is 16.6. The number of nitrogens with one attached hydrogen (secondary N) is 1. The number of carbonyl (C=O) groups excluding carboxylic acids is 1. The van der Waals surface area contributed by atoms with Crippen molar-refractivity contribution in [3.63, 3.8) is 0 Å². The number of fused-ring (bicyclic) bond motifs is 1. The summed E-state index contributed by atoms with van der Waals surface area (Å²) < 4.78 is 3.58. The Labute approximate surface area is 207 Å². The average Bonchev–Trinajstić information content (AvgIpc) is 3.47. The number of aryl methyl sites for hydroxylation is 1. The van der Waals surface area contributed by atoms with Crippen molar-refractivity contribution in [2.45, 2.75) is 6.04 Å². The quantitative estimate of drug-likeness (QED) is 0.377. The van der Waals surface area contributed by atoms with E-state index in [1.54, 1.807) is 23.1 Å². The van der Waals surface area contributed by atoms with Gasteiger partial charge in [0.05, 0.1) is 17.4 Å². The maximum Gasteiger partial charge on any atom is 0.246 e. The molecule has 0 aliphatic rings. The highest BCUT2D eigenvalue weighted by Gasteiger charge is 2.23. The number of carbonyl (C=O) groups is 1. The number of aromatic nitrogens is 5. The van der Waals surface area contributed by atoms with E-state index in [-0.39, 0.29) is 5.91 Å². The molecule has 1 atom stereocenters. The molecule has 9 heteroatoms. The third kappa shape index (κ3) is 4.66. The SMILES string of the molecule is CN(C)C(C(=O)Nc1ccc(-c2ncnn3cc(-c4cnn(C)c4)cc23)cc1)c1ccc(Cl)cc1. The summed E-state index contributed by atoms with van der Waals surface area (Å²) in [6.07, 6.45) is 7.29. The van der Waals surface area contributed by atoms with E-state index in [1.165, 1.54) is 0 Å². The monoisotopic (exact) mass is 485 g/mol. The molecule has 0 aliphatic carbocycles. The van der Waals surface area contributed by atoms with Crippen molar-refractivity contribution in [1.29, 1.82) is 0 Å². The summed E-state index contributed by atoms with van der Waals surface area (Å²) >= 11 is 6.01. The minimum atomic E-state index is -0.444. The number of hydrogen-bond acceptors (Lipinski definition) is 5. The zero-order valence-corrected chi connectivity index (χ0v) is 20.3. The zero-order chi connectivity index (χ0) is 24.5. The van der Waals surface area contributed by atoms with Gasteiger partial charge in [0.1, 0.15) is 12.4 Å². The first-order valence-corrected chi connectivity index (χ1v) is 11.4. The Kier molecular flexibility index (Phi) is 6.07. The summed E-state index contributed by atoms with van der Waals surface area (Å²) in [5.74, 6) is -0.123. The molecule has 0 saturated heterocycles. The van der Waals surface area contributed by atoms with E-state index in [0.717, 1.165) is 33.5 Å². The van der Waals surface area contributed by atoms with Crippen LogP contribution in [0, 0.1) is 0 Å². The predicted molar refractivity (Wildman–Crippen MR) is 137 cm³/mol. The first-order valence-electron chi connectivity index (χ1n) is 11.0. The number of hydrogen-bond donors (Lipinski definition) is 1. The lowest BCUT2D eigenvalue weighted by Gasteiger charge is -2.24.